The molecule has 0 unspecified atom stereocenters. The van der Waals surface area contributed by atoms with Gasteiger partial charge in [0.1, 0.15) is 27.2 Å². The number of thiazole rings is 1. The van der Waals surface area contributed by atoms with Gasteiger partial charge in [0.05, 0.1) is 22.6 Å². The van der Waals surface area contributed by atoms with E-state index in [4.69, 9.17) is 17.3 Å². The minimum Gasteiger partial charge on any atom is -0.398 e. The molecule has 0 spiro atoms. The van der Waals surface area contributed by atoms with E-state index in [0.29, 0.717) is 32.4 Å². The number of nitrogens with zero attached hydrogens (tertiary/aromatic N) is 4. The quantitative estimate of drug-likeness (QED) is 0.747. The summed E-state index contributed by atoms with van der Waals surface area (Å²) in [4.78, 5) is 17.0. The number of nitrogen functional groups attached to an aromatic ring is 1. The fraction of sp³-hybridized carbons (Fsp3) is 0. The third-order valence-electron chi connectivity index (χ3n) is 2.49. The van der Waals surface area contributed by atoms with Gasteiger partial charge in [-0.05, 0) is 22.0 Å². The normalized spacial score (nSPS) is 10.7. The molecule has 20 heavy (non-hydrogen) atoms. The maximum absolute atomic E-state index is 6.01. The van der Waals surface area contributed by atoms with Crippen molar-refractivity contribution in [3.05, 3.63) is 39.7 Å². The Bertz CT molecular complexity index is 763. The average molecular weight is 369 g/mol. The van der Waals surface area contributed by atoms with Crippen molar-refractivity contribution in [2.75, 3.05) is 5.73 Å². The van der Waals surface area contributed by atoms with Gasteiger partial charge in [0.15, 0.2) is 0 Å². The molecular formula is C12H7BrClN5S. The molecule has 8 heteroatoms. The summed E-state index contributed by atoms with van der Waals surface area (Å²) in [6.07, 6.45) is 4.77. The summed E-state index contributed by atoms with van der Waals surface area (Å²) in [5.41, 5.74) is 8.40. The molecule has 0 saturated carbocycles. The smallest absolute Gasteiger partial charge is 0.148 e. The van der Waals surface area contributed by atoms with Gasteiger partial charge >= 0.3 is 0 Å². The van der Waals surface area contributed by atoms with Gasteiger partial charge in [-0.1, -0.05) is 11.6 Å². The van der Waals surface area contributed by atoms with Gasteiger partial charge in [0, 0.05) is 11.6 Å². The molecule has 3 aromatic heterocycles. The summed E-state index contributed by atoms with van der Waals surface area (Å²) in [6.45, 7) is 0. The highest BCUT2D eigenvalue weighted by molar-refractivity contribution is 9.10. The van der Waals surface area contributed by atoms with Crippen LogP contribution in [0.25, 0.3) is 22.1 Å². The lowest BCUT2D eigenvalue weighted by molar-refractivity contribution is 1.17. The van der Waals surface area contributed by atoms with Crippen molar-refractivity contribution in [1.29, 1.82) is 0 Å². The van der Waals surface area contributed by atoms with Crippen molar-refractivity contribution in [3.63, 3.8) is 0 Å². The predicted molar refractivity (Wildman–Crippen MR) is 83.5 cm³/mol. The van der Waals surface area contributed by atoms with Crippen LogP contribution in [0.15, 0.2) is 34.5 Å². The summed E-state index contributed by atoms with van der Waals surface area (Å²) in [7, 11) is 0. The van der Waals surface area contributed by atoms with E-state index in [2.05, 4.69) is 35.9 Å². The zero-order valence-electron chi connectivity index (χ0n) is 9.92. The van der Waals surface area contributed by atoms with Crippen molar-refractivity contribution in [3.8, 4) is 22.1 Å². The molecule has 0 aliphatic rings. The zero-order valence-corrected chi connectivity index (χ0v) is 13.1. The summed E-state index contributed by atoms with van der Waals surface area (Å²) >= 11 is 10.8. The zero-order chi connectivity index (χ0) is 14.1. The standard InChI is InChI=1S/C12H7BrClN5S/c13-10-6(15)3-7(12-17-1-2-20-12)19-11(10)8-4-16-5-9(14)18-8/h1-5H,(H2,15,19). The first-order valence-electron chi connectivity index (χ1n) is 5.49. The number of hydrogen-bond donors (Lipinski definition) is 1. The molecule has 5 nitrogen and oxygen atoms in total. The first kappa shape index (κ1) is 13.4. The van der Waals surface area contributed by atoms with Crippen LogP contribution in [0.2, 0.25) is 5.15 Å². The molecule has 100 valence electrons. The van der Waals surface area contributed by atoms with Crippen molar-refractivity contribution < 1.29 is 0 Å². The fourth-order valence-electron chi connectivity index (χ4n) is 1.63. The Labute approximate surface area is 132 Å². The molecule has 0 aromatic carbocycles. The SMILES string of the molecule is Nc1cc(-c2nccs2)nc(-c2cncc(Cl)n2)c1Br. The molecular weight excluding hydrogens is 362 g/mol. The minimum atomic E-state index is 0.300. The lowest BCUT2D eigenvalue weighted by atomic mass is 10.2. The van der Waals surface area contributed by atoms with E-state index < -0.39 is 0 Å². The molecule has 0 saturated heterocycles. The Morgan fingerprint density at radius 1 is 1.20 bits per heavy atom. The fourth-order valence-corrected chi connectivity index (χ4v) is 2.79. The molecule has 0 bridgehead atoms. The van der Waals surface area contributed by atoms with E-state index in [0.717, 1.165) is 5.01 Å². The largest absolute Gasteiger partial charge is 0.398 e. The summed E-state index contributed by atoms with van der Waals surface area (Å²) < 4.78 is 0.661. The summed E-state index contributed by atoms with van der Waals surface area (Å²) in [6, 6.07) is 1.77. The van der Waals surface area contributed by atoms with Gasteiger partial charge in [0.25, 0.3) is 0 Å². The molecule has 0 fully saturated rings. The molecule has 0 aliphatic carbocycles. The predicted octanol–water partition coefficient (Wildman–Crippen LogP) is 3.66. The maximum Gasteiger partial charge on any atom is 0.148 e. The third kappa shape index (κ3) is 2.52. The number of rotatable bonds is 2. The van der Waals surface area contributed by atoms with Gasteiger partial charge in [-0.25, -0.2) is 15.0 Å². The number of aromatic nitrogens is 4. The highest BCUT2D eigenvalue weighted by Crippen LogP contribution is 2.34. The Hall–Kier alpha value is -1.57. The number of halogens is 2. The van der Waals surface area contributed by atoms with Crippen LogP contribution in [-0.4, -0.2) is 19.9 Å². The second-order valence-electron chi connectivity index (χ2n) is 3.82. The van der Waals surface area contributed by atoms with Gasteiger partial charge in [-0.2, -0.15) is 0 Å². The monoisotopic (exact) mass is 367 g/mol. The second kappa shape index (κ2) is 5.43. The van der Waals surface area contributed by atoms with Crippen LogP contribution in [0.5, 0.6) is 0 Å². The molecule has 0 amide bonds. The van der Waals surface area contributed by atoms with Crippen LogP contribution in [0.1, 0.15) is 0 Å². The third-order valence-corrected chi connectivity index (χ3v) is 4.30. The Kier molecular flexibility index (Phi) is 3.64. The molecule has 3 rings (SSSR count). The highest BCUT2D eigenvalue weighted by Gasteiger charge is 2.14. The Morgan fingerprint density at radius 3 is 2.75 bits per heavy atom. The summed E-state index contributed by atoms with van der Waals surface area (Å²) in [5.74, 6) is 0. The molecule has 3 aromatic rings. The molecule has 0 aliphatic heterocycles. The molecule has 3 heterocycles. The Balaban J connectivity index is 2.20. The van der Waals surface area contributed by atoms with Crippen LogP contribution in [0.4, 0.5) is 5.69 Å². The minimum absolute atomic E-state index is 0.300. The lowest BCUT2D eigenvalue weighted by Crippen LogP contribution is -1.97. The van der Waals surface area contributed by atoms with Crippen LogP contribution in [-0.2, 0) is 0 Å². The number of pyridine rings is 1. The van der Waals surface area contributed by atoms with Crippen LogP contribution < -0.4 is 5.73 Å². The van der Waals surface area contributed by atoms with E-state index in [1.807, 2.05) is 5.38 Å². The molecule has 0 atom stereocenters. The van der Waals surface area contributed by atoms with E-state index in [1.54, 1.807) is 18.5 Å². The first-order valence-corrected chi connectivity index (χ1v) is 7.54. The van der Waals surface area contributed by atoms with E-state index in [1.165, 1.54) is 17.5 Å². The van der Waals surface area contributed by atoms with Crippen LogP contribution in [0, 0.1) is 0 Å². The van der Waals surface area contributed by atoms with Crippen LogP contribution >= 0.6 is 38.9 Å². The summed E-state index contributed by atoms with van der Waals surface area (Å²) in [5, 5.41) is 2.98. The van der Waals surface area contributed by atoms with Crippen LogP contribution in [0.3, 0.4) is 0 Å². The number of anilines is 1. The van der Waals surface area contributed by atoms with Crippen molar-refractivity contribution in [2.24, 2.45) is 0 Å². The molecule has 0 radical (unpaired) electrons. The van der Waals surface area contributed by atoms with Gasteiger partial charge in [-0.3, -0.25) is 4.98 Å². The number of hydrogen-bond acceptors (Lipinski definition) is 6. The second-order valence-corrected chi connectivity index (χ2v) is 5.90. The maximum atomic E-state index is 6.01. The topological polar surface area (TPSA) is 77.6 Å². The van der Waals surface area contributed by atoms with Gasteiger partial charge in [0.2, 0.25) is 0 Å². The highest BCUT2D eigenvalue weighted by atomic mass is 79.9. The molecule has 2 N–H and O–H groups in total. The van der Waals surface area contributed by atoms with Crippen molar-refractivity contribution in [2.45, 2.75) is 0 Å². The Morgan fingerprint density at radius 2 is 2.05 bits per heavy atom. The number of nitrogens with two attached hydrogens (primary N) is 1. The lowest BCUT2D eigenvalue weighted by Gasteiger charge is -2.08. The van der Waals surface area contributed by atoms with Gasteiger partial charge < -0.3 is 5.73 Å². The van der Waals surface area contributed by atoms with Crippen molar-refractivity contribution >= 4 is 44.6 Å². The van der Waals surface area contributed by atoms with E-state index in [9.17, 15) is 0 Å². The van der Waals surface area contributed by atoms with E-state index >= 15 is 0 Å². The van der Waals surface area contributed by atoms with Crippen molar-refractivity contribution in [1.82, 2.24) is 19.9 Å². The first-order chi connectivity index (χ1) is 9.65. The van der Waals surface area contributed by atoms with Gasteiger partial charge in [-0.15, -0.1) is 11.3 Å². The van der Waals surface area contributed by atoms with E-state index in [-0.39, 0.29) is 0 Å². The average Bonchev–Trinajstić information content (AvgIpc) is 2.95.